The number of rotatable bonds is 9. The number of likely N-dealkylation sites (tertiary alicyclic amines) is 1. The van der Waals surface area contributed by atoms with Gasteiger partial charge in [-0.3, -0.25) is 0 Å². The zero-order valence-corrected chi connectivity index (χ0v) is 15.9. The highest BCUT2D eigenvalue weighted by atomic mass is 35.5. The van der Waals surface area contributed by atoms with Gasteiger partial charge in [-0.1, -0.05) is 18.0 Å². The molecule has 1 heterocycles. The minimum Gasteiger partial charge on any atom is -0.492 e. The maximum Gasteiger partial charge on any atom is 0.314 e. The Balaban J connectivity index is 1.45. The number of nitrogens with one attached hydrogen (secondary N) is 2. The summed E-state index contributed by atoms with van der Waals surface area (Å²) in [7, 11) is 0. The molecule has 0 spiro atoms. The summed E-state index contributed by atoms with van der Waals surface area (Å²) >= 11 is 5.81. The van der Waals surface area contributed by atoms with Crippen LogP contribution in [0.1, 0.15) is 39.0 Å². The second-order valence-corrected chi connectivity index (χ2v) is 7.01. The van der Waals surface area contributed by atoms with E-state index in [-0.39, 0.29) is 6.03 Å². The van der Waals surface area contributed by atoms with E-state index in [4.69, 9.17) is 16.3 Å². The van der Waals surface area contributed by atoms with Gasteiger partial charge >= 0.3 is 6.03 Å². The van der Waals surface area contributed by atoms with Crippen LogP contribution in [0, 0.1) is 0 Å². The average Bonchev–Trinajstić information content (AvgIpc) is 2.61. The number of hydrogen-bond acceptors (Lipinski definition) is 3. The summed E-state index contributed by atoms with van der Waals surface area (Å²) in [4.78, 5) is 14.3. The first-order chi connectivity index (χ1) is 12.1. The smallest absolute Gasteiger partial charge is 0.314 e. The van der Waals surface area contributed by atoms with Crippen LogP contribution in [0.3, 0.4) is 0 Å². The van der Waals surface area contributed by atoms with Gasteiger partial charge in [0.05, 0.1) is 6.54 Å². The first-order valence-corrected chi connectivity index (χ1v) is 9.67. The normalized spacial score (nSPS) is 17.9. The summed E-state index contributed by atoms with van der Waals surface area (Å²) in [5.74, 6) is 0.749. The molecule has 2 amide bonds. The average molecular weight is 368 g/mol. The molecule has 1 aliphatic heterocycles. The molecule has 0 bridgehead atoms. The summed E-state index contributed by atoms with van der Waals surface area (Å²) in [5, 5.41) is 6.38. The first kappa shape index (κ1) is 19.9. The minimum absolute atomic E-state index is 0.133. The molecule has 1 unspecified atom stereocenters. The van der Waals surface area contributed by atoms with Crippen molar-refractivity contribution in [2.75, 3.05) is 32.8 Å². The Morgan fingerprint density at radius 2 is 1.96 bits per heavy atom. The van der Waals surface area contributed by atoms with Crippen molar-refractivity contribution >= 4 is 17.6 Å². The monoisotopic (exact) mass is 367 g/mol. The number of nitrogens with zero attached hydrogens (tertiary/aromatic N) is 1. The van der Waals surface area contributed by atoms with Crippen LogP contribution in [-0.4, -0.2) is 49.8 Å². The van der Waals surface area contributed by atoms with Crippen molar-refractivity contribution in [2.45, 2.75) is 45.1 Å². The van der Waals surface area contributed by atoms with E-state index in [9.17, 15) is 4.79 Å². The molecule has 0 saturated carbocycles. The topological polar surface area (TPSA) is 53.6 Å². The highest BCUT2D eigenvalue weighted by Gasteiger charge is 2.16. The third kappa shape index (κ3) is 7.97. The standard InChI is InChI=1S/C19H30ClN3O2/c1-16-6-2-4-13-23(16)14-5-3-11-21-19(24)22-12-15-25-18-9-7-17(20)8-10-18/h7-10,16H,2-6,11-15H2,1H3,(H2,21,22,24). The van der Waals surface area contributed by atoms with Crippen LogP contribution >= 0.6 is 11.6 Å². The molecule has 1 aliphatic rings. The molecular weight excluding hydrogens is 338 g/mol. The van der Waals surface area contributed by atoms with Gasteiger partial charge in [0.15, 0.2) is 0 Å². The summed E-state index contributed by atoms with van der Waals surface area (Å²) in [5.41, 5.74) is 0. The maximum atomic E-state index is 11.7. The van der Waals surface area contributed by atoms with E-state index in [0.29, 0.717) is 30.8 Å². The molecule has 0 aromatic heterocycles. The van der Waals surface area contributed by atoms with Gasteiger partial charge in [0.2, 0.25) is 0 Å². The molecule has 0 radical (unpaired) electrons. The molecule has 1 saturated heterocycles. The number of benzene rings is 1. The summed E-state index contributed by atoms with van der Waals surface area (Å²) < 4.78 is 5.52. The lowest BCUT2D eigenvalue weighted by molar-refractivity contribution is 0.158. The van der Waals surface area contributed by atoms with Crippen molar-refractivity contribution in [3.05, 3.63) is 29.3 Å². The Hall–Kier alpha value is -1.46. The Kier molecular flexibility index (Phi) is 8.91. The van der Waals surface area contributed by atoms with Crippen molar-refractivity contribution in [3.63, 3.8) is 0 Å². The molecule has 140 valence electrons. The Labute approximate surface area is 156 Å². The molecule has 0 aliphatic carbocycles. The van der Waals surface area contributed by atoms with E-state index in [1.54, 1.807) is 12.1 Å². The molecule has 5 nitrogen and oxygen atoms in total. The molecule has 2 N–H and O–H groups in total. The van der Waals surface area contributed by atoms with E-state index >= 15 is 0 Å². The van der Waals surface area contributed by atoms with Gasteiger partial charge in [0.1, 0.15) is 12.4 Å². The lowest BCUT2D eigenvalue weighted by atomic mass is 10.0. The molecular formula is C19H30ClN3O2. The van der Waals surface area contributed by atoms with Crippen LogP contribution in [0.4, 0.5) is 4.79 Å². The van der Waals surface area contributed by atoms with Crippen molar-refractivity contribution < 1.29 is 9.53 Å². The van der Waals surface area contributed by atoms with Crippen LogP contribution in [-0.2, 0) is 0 Å². The SMILES string of the molecule is CC1CCCCN1CCCCNC(=O)NCCOc1ccc(Cl)cc1. The van der Waals surface area contributed by atoms with Crippen molar-refractivity contribution in [2.24, 2.45) is 0 Å². The van der Waals surface area contributed by atoms with Gasteiger partial charge in [0.25, 0.3) is 0 Å². The van der Waals surface area contributed by atoms with Crippen LogP contribution in [0.2, 0.25) is 5.02 Å². The van der Waals surface area contributed by atoms with Crippen molar-refractivity contribution in [1.82, 2.24) is 15.5 Å². The number of unbranched alkanes of at least 4 members (excludes halogenated alkanes) is 1. The predicted molar refractivity (Wildman–Crippen MR) is 102 cm³/mol. The fraction of sp³-hybridized carbons (Fsp3) is 0.632. The molecule has 6 heteroatoms. The highest BCUT2D eigenvalue weighted by Crippen LogP contribution is 2.16. The molecule has 2 rings (SSSR count). The second-order valence-electron chi connectivity index (χ2n) is 6.57. The predicted octanol–water partition coefficient (Wildman–Crippen LogP) is 3.67. The van der Waals surface area contributed by atoms with E-state index in [0.717, 1.165) is 25.1 Å². The van der Waals surface area contributed by atoms with Gasteiger partial charge in [-0.2, -0.15) is 0 Å². The van der Waals surface area contributed by atoms with Crippen LogP contribution in [0.5, 0.6) is 5.75 Å². The summed E-state index contributed by atoms with van der Waals surface area (Å²) in [6.07, 6.45) is 6.14. The Morgan fingerprint density at radius 1 is 1.20 bits per heavy atom. The number of amides is 2. The van der Waals surface area contributed by atoms with Crippen LogP contribution < -0.4 is 15.4 Å². The second kappa shape index (κ2) is 11.2. The fourth-order valence-corrected chi connectivity index (χ4v) is 3.18. The van der Waals surface area contributed by atoms with Crippen molar-refractivity contribution in [1.29, 1.82) is 0 Å². The number of ether oxygens (including phenoxy) is 1. The van der Waals surface area contributed by atoms with Crippen LogP contribution in [0.25, 0.3) is 0 Å². The highest BCUT2D eigenvalue weighted by molar-refractivity contribution is 6.30. The number of carbonyl (C=O) groups excluding carboxylic acids is 1. The van der Waals surface area contributed by atoms with Crippen molar-refractivity contribution in [3.8, 4) is 5.75 Å². The molecule has 25 heavy (non-hydrogen) atoms. The molecule has 1 fully saturated rings. The fourth-order valence-electron chi connectivity index (χ4n) is 3.06. The number of carbonyl (C=O) groups is 1. The van der Waals surface area contributed by atoms with E-state index in [2.05, 4.69) is 22.5 Å². The lowest BCUT2D eigenvalue weighted by Gasteiger charge is -2.33. The number of urea groups is 1. The minimum atomic E-state index is -0.133. The largest absolute Gasteiger partial charge is 0.492 e. The van der Waals surface area contributed by atoms with Gasteiger partial charge < -0.3 is 20.3 Å². The third-order valence-electron chi connectivity index (χ3n) is 4.57. The Morgan fingerprint density at radius 3 is 2.72 bits per heavy atom. The van der Waals surface area contributed by atoms with Gasteiger partial charge in [-0.15, -0.1) is 0 Å². The molecule has 1 aromatic carbocycles. The van der Waals surface area contributed by atoms with E-state index in [1.165, 1.54) is 25.8 Å². The summed E-state index contributed by atoms with van der Waals surface area (Å²) in [6.45, 7) is 6.30. The zero-order valence-electron chi connectivity index (χ0n) is 15.1. The number of hydrogen-bond donors (Lipinski definition) is 2. The molecule has 1 aromatic rings. The Bertz CT molecular complexity index is 510. The quantitative estimate of drug-likeness (QED) is 0.655. The third-order valence-corrected chi connectivity index (χ3v) is 4.82. The number of piperidine rings is 1. The van der Waals surface area contributed by atoms with E-state index < -0.39 is 0 Å². The lowest BCUT2D eigenvalue weighted by Crippen LogP contribution is -2.39. The maximum absolute atomic E-state index is 11.7. The molecule has 1 atom stereocenters. The van der Waals surface area contributed by atoms with Gasteiger partial charge in [-0.25, -0.2) is 4.79 Å². The number of halogens is 1. The van der Waals surface area contributed by atoms with Crippen LogP contribution in [0.15, 0.2) is 24.3 Å². The van der Waals surface area contributed by atoms with Gasteiger partial charge in [0, 0.05) is 17.6 Å². The van der Waals surface area contributed by atoms with Gasteiger partial charge in [-0.05, 0) is 70.0 Å². The van der Waals surface area contributed by atoms with E-state index in [1.807, 2.05) is 12.1 Å². The summed E-state index contributed by atoms with van der Waals surface area (Å²) in [6, 6.07) is 7.76. The first-order valence-electron chi connectivity index (χ1n) is 9.29. The zero-order chi connectivity index (χ0) is 17.9.